The molecule has 1 aliphatic heterocycles. The zero-order valence-corrected chi connectivity index (χ0v) is 12.0. The van der Waals surface area contributed by atoms with Crippen LogP contribution in [0.25, 0.3) is 11.4 Å². The molecule has 1 aliphatic rings. The SMILES string of the molecule is OCC1CCCN(Cc2nc(-c3ccc(F)c(F)c3)no2)C1. The van der Waals surface area contributed by atoms with Gasteiger partial charge in [0.15, 0.2) is 11.6 Å². The molecule has 3 rings (SSSR count). The molecule has 1 N–H and O–H groups in total. The number of aliphatic hydroxyl groups is 1. The van der Waals surface area contributed by atoms with Crippen LogP contribution in [0.3, 0.4) is 0 Å². The van der Waals surface area contributed by atoms with Gasteiger partial charge in [-0.05, 0) is 43.5 Å². The van der Waals surface area contributed by atoms with Gasteiger partial charge in [0.05, 0.1) is 6.54 Å². The Bertz CT molecular complexity index is 647. The maximum absolute atomic E-state index is 13.2. The number of hydrogen-bond donors (Lipinski definition) is 1. The molecule has 5 nitrogen and oxygen atoms in total. The normalized spacial score (nSPS) is 19.5. The van der Waals surface area contributed by atoms with Crippen molar-refractivity contribution in [2.24, 2.45) is 5.92 Å². The molecule has 118 valence electrons. The Hall–Kier alpha value is -1.86. The summed E-state index contributed by atoms with van der Waals surface area (Å²) in [4.78, 5) is 6.37. The Morgan fingerprint density at radius 3 is 2.95 bits per heavy atom. The van der Waals surface area contributed by atoms with Crippen LogP contribution >= 0.6 is 0 Å². The largest absolute Gasteiger partial charge is 0.396 e. The average Bonchev–Trinajstić information content (AvgIpc) is 2.98. The highest BCUT2D eigenvalue weighted by Crippen LogP contribution is 2.21. The molecule has 0 saturated carbocycles. The molecule has 0 aliphatic carbocycles. The van der Waals surface area contributed by atoms with Crippen molar-refractivity contribution >= 4 is 0 Å². The van der Waals surface area contributed by atoms with Gasteiger partial charge in [0.25, 0.3) is 0 Å². The monoisotopic (exact) mass is 309 g/mol. The molecule has 0 radical (unpaired) electrons. The van der Waals surface area contributed by atoms with Gasteiger partial charge in [-0.1, -0.05) is 5.16 Å². The van der Waals surface area contributed by atoms with Crippen molar-refractivity contribution in [1.82, 2.24) is 15.0 Å². The van der Waals surface area contributed by atoms with Crippen LogP contribution in [0.5, 0.6) is 0 Å². The lowest BCUT2D eigenvalue weighted by Crippen LogP contribution is -2.36. The first-order valence-corrected chi connectivity index (χ1v) is 7.27. The van der Waals surface area contributed by atoms with Gasteiger partial charge in [-0.2, -0.15) is 4.98 Å². The zero-order valence-electron chi connectivity index (χ0n) is 12.0. The average molecular weight is 309 g/mol. The maximum atomic E-state index is 13.2. The number of rotatable bonds is 4. The third-order valence-corrected chi connectivity index (χ3v) is 3.87. The van der Waals surface area contributed by atoms with E-state index in [2.05, 4.69) is 15.0 Å². The molecule has 1 atom stereocenters. The van der Waals surface area contributed by atoms with Crippen molar-refractivity contribution in [2.75, 3.05) is 19.7 Å². The summed E-state index contributed by atoms with van der Waals surface area (Å²) in [5.41, 5.74) is 0.376. The number of aromatic nitrogens is 2. The summed E-state index contributed by atoms with van der Waals surface area (Å²) in [5.74, 6) is -0.897. The molecule has 2 aromatic rings. The fourth-order valence-electron chi connectivity index (χ4n) is 2.71. The summed E-state index contributed by atoms with van der Waals surface area (Å²) in [6.45, 7) is 2.38. The van der Waals surface area contributed by atoms with Gasteiger partial charge in [-0.15, -0.1) is 0 Å². The topological polar surface area (TPSA) is 62.4 Å². The molecule has 1 aromatic heterocycles. The van der Waals surface area contributed by atoms with Crippen LogP contribution in [0.2, 0.25) is 0 Å². The Morgan fingerprint density at radius 1 is 1.32 bits per heavy atom. The van der Waals surface area contributed by atoms with Crippen LogP contribution in [0.4, 0.5) is 8.78 Å². The maximum Gasteiger partial charge on any atom is 0.241 e. The fraction of sp³-hybridized carbons (Fsp3) is 0.467. The quantitative estimate of drug-likeness (QED) is 0.938. The second-order valence-corrected chi connectivity index (χ2v) is 5.57. The predicted octanol–water partition coefficient (Wildman–Crippen LogP) is 2.22. The van der Waals surface area contributed by atoms with E-state index in [0.29, 0.717) is 18.0 Å². The third-order valence-electron chi connectivity index (χ3n) is 3.87. The predicted molar refractivity (Wildman–Crippen MR) is 74.7 cm³/mol. The van der Waals surface area contributed by atoms with E-state index in [0.717, 1.165) is 38.1 Å². The number of benzene rings is 1. The number of hydrogen-bond acceptors (Lipinski definition) is 5. The first kappa shape index (κ1) is 15.1. The molecular weight excluding hydrogens is 292 g/mol. The third kappa shape index (κ3) is 3.31. The highest BCUT2D eigenvalue weighted by Gasteiger charge is 2.21. The van der Waals surface area contributed by atoms with Gasteiger partial charge in [0.2, 0.25) is 11.7 Å². The number of aliphatic hydroxyl groups excluding tert-OH is 1. The molecule has 2 heterocycles. The first-order chi connectivity index (χ1) is 10.7. The second-order valence-electron chi connectivity index (χ2n) is 5.57. The number of piperidine rings is 1. The highest BCUT2D eigenvalue weighted by atomic mass is 19.2. The number of halogens is 2. The fourth-order valence-corrected chi connectivity index (χ4v) is 2.71. The lowest BCUT2D eigenvalue weighted by Gasteiger charge is -2.30. The van der Waals surface area contributed by atoms with Crippen LogP contribution in [-0.2, 0) is 6.54 Å². The van der Waals surface area contributed by atoms with E-state index < -0.39 is 11.6 Å². The van der Waals surface area contributed by atoms with E-state index in [1.807, 2.05) is 0 Å². The van der Waals surface area contributed by atoms with Crippen LogP contribution in [0.15, 0.2) is 22.7 Å². The molecule has 7 heteroatoms. The zero-order chi connectivity index (χ0) is 15.5. The number of nitrogens with zero attached hydrogens (tertiary/aromatic N) is 3. The molecule has 1 aromatic carbocycles. The van der Waals surface area contributed by atoms with E-state index in [1.54, 1.807) is 0 Å². The Labute approximate surface area is 126 Å². The summed E-state index contributed by atoms with van der Waals surface area (Å²) < 4.78 is 31.3. The van der Waals surface area contributed by atoms with Crippen LogP contribution in [0, 0.1) is 17.6 Å². The Morgan fingerprint density at radius 2 is 2.18 bits per heavy atom. The van der Waals surface area contributed by atoms with E-state index in [4.69, 9.17) is 4.52 Å². The summed E-state index contributed by atoms with van der Waals surface area (Å²) >= 11 is 0. The van der Waals surface area contributed by atoms with Crippen molar-refractivity contribution in [2.45, 2.75) is 19.4 Å². The molecule has 0 amide bonds. The van der Waals surface area contributed by atoms with Crippen molar-refractivity contribution < 1.29 is 18.4 Å². The molecule has 0 spiro atoms. The van der Waals surface area contributed by atoms with E-state index in [1.165, 1.54) is 6.07 Å². The van der Waals surface area contributed by atoms with Crippen molar-refractivity contribution in [3.8, 4) is 11.4 Å². The van der Waals surface area contributed by atoms with Gasteiger partial charge in [-0.3, -0.25) is 4.90 Å². The summed E-state index contributed by atoms with van der Waals surface area (Å²) in [7, 11) is 0. The first-order valence-electron chi connectivity index (χ1n) is 7.27. The minimum atomic E-state index is -0.939. The minimum absolute atomic E-state index is 0.181. The van der Waals surface area contributed by atoms with Crippen LogP contribution < -0.4 is 0 Å². The highest BCUT2D eigenvalue weighted by molar-refractivity contribution is 5.54. The van der Waals surface area contributed by atoms with Gasteiger partial charge >= 0.3 is 0 Å². The van der Waals surface area contributed by atoms with Gasteiger partial charge in [0.1, 0.15) is 0 Å². The van der Waals surface area contributed by atoms with Gasteiger partial charge < -0.3 is 9.63 Å². The molecule has 22 heavy (non-hydrogen) atoms. The summed E-state index contributed by atoms with van der Waals surface area (Å²) in [6, 6.07) is 3.50. The lowest BCUT2D eigenvalue weighted by atomic mass is 9.99. The van der Waals surface area contributed by atoms with Crippen LogP contribution in [-0.4, -0.2) is 39.8 Å². The van der Waals surface area contributed by atoms with Gasteiger partial charge in [-0.25, -0.2) is 8.78 Å². The van der Waals surface area contributed by atoms with Crippen LogP contribution in [0.1, 0.15) is 18.7 Å². The Kier molecular flexibility index (Phi) is 4.44. The molecule has 1 fully saturated rings. The van der Waals surface area contributed by atoms with Crippen molar-refractivity contribution in [1.29, 1.82) is 0 Å². The smallest absolute Gasteiger partial charge is 0.241 e. The van der Waals surface area contributed by atoms with E-state index in [-0.39, 0.29) is 18.3 Å². The molecule has 1 unspecified atom stereocenters. The summed E-state index contributed by atoms with van der Waals surface area (Å²) in [6.07, 6.45) is 2.05. The van der Waals surface area contributed by atoms with Crippen molar-refractivity contribution in [3.05, 3.63) is 35.7 Å². The van der Waals surface area contributed by atoms with E-state index >= 15 is 0 Å². The van der Waals surface area contributed by atoms with Crippen molar-refractivity contribution in [3.63, 3.8) is 0 Å². The molecule has 1 saturated heterocycles. The standard InChI is InChI=1S/C15H17F2N3O2/c16-12-4-3-11(6-13(12)17)15-18-14(22-19-15)8-20-5-1-2-10(7-20)9-21/h3-4,6,10,21H,1-2,5,7-9H2. The molecule has 0 bridgehead atoms. The Balaban J connectivity index is 1.69. The van der Waals surface area contributed by atoms with Gasteiger partial charge in [0, 0.05) is 18.7 Å². The minimum Gasteiger partial charge on any atom is -0.396 e. The molecular formula is C15H17F2N3O2. The summed E-state index contributed by atoms with van der Waals surface area (Å²) in [5, 5.41) is 13.0. The lowest BCUT2D eigenvalue weighted by molar-refractivity contribution is 0.107. The second kappa shape index (κ2) is 6.50. The van der Waals surface area contributed by atoms with E-state index in [9.17, 15) is 13.9 Å². The number of likely N-dealkylation sites (tertiary alicyclic amines) is 1.